The van der Waals surface area contributed by atoms with E-state index in [4.69, 9.17) is 12.2 Å². The highest BCUT2D eigenvalue weighted by molar-refractivity contribution is 7.80. The third-order valence-electron chi connectivity index (χ3n) is 4.50. The number of aryl methyl sites for hydroxylation is 2. The standard InChI is InChI=1S/C24H23N3O2S/c1-17-8-5-6-13-21(17)23(29)25-19-11-7-12-20(16-19)26-24(30)27-22(28)15-14-18-9-3-2-4-10-18/h2-13,16H,14-15H2,1H3,(H,25,29)(H2,26,27,28,30). The van der Waals surface area contributed by atoms with Crippen LogP contribution >= 0.6 is 12.2 Å². The number of anilines is 2. The van der Waals surface area contributed by atoms with Crippen molar-refractivity contribution in [3.05, 3.63) is 95.6 Å². The van der Waals surface area contributed by atoms with Gasteiger partial charge in [0.1, 0.15) is 0 Å². The maximum atomic E-state index is 12.5. The molecule has 2 amide bonds. The zero-order chi connectivity index (χ0) is 21.3. The number of benzene rings is 3. The van der Waals surface area contributed by atoms with E-state index in [-0.39, 0.29) is 16.9 Å². The summed E-state index contributed by atoms with van der Waals surface area (Å²) in [7, 11) is 0. The predicted molar refractivity (Wildman–Crippen MR) is 125 cm³/mol. The Kier molecular flexibility index (Phi) is 7.29. The molecule has 0 aromatic heterocycles. The van der Waals surface area contributed by atoms with Crippen molar-refractivity contribution in [3.63, 3.8) is 0 Å². The number of hydrogen-bond donors (Lipinski definition) is 3. The Hall–Kier alpha value is -3.51. The van der Waals surface area contributed by atoms with Crippen molar-refractivity contribution in [2.75, 3.05) is 10.6 Å². The van der Waals surface area contributed by atoms with Crippen molar-refractivity contribution in [2.45, 2.75) is 19.8 Å². The fraction of sp³-hybridized carbons (Fsp3) is 0.125. The average Bonchev–Trinajstić information content (AvgIpc) is 2.73. The average molecular weight is 418 g/mol. The van der Waals surface area contributed by atoms with Gasteiger partial charge in [0.25, 0.3) is 5.91 Å². The van der Waals surface area contributed by atoms with Crippen molar-refractivity contribution in [2.24, 2.45) is 0 Å². The maximum Gasteiger partial charge on any atom is 0.255 e. The van der Waals surface area contributed by atoms with Gasteiger partial charge in [-0.1, -0.05) is 54.6 Å². The molecule has 152 valence electrons. The second-order valence-corrected chi connectivity index (χ2v) is 7.25. The second-order valence-electron chi connectivity index (χ2n) is 6.84. The lowest BCUT2D eigenvalue weighted by atomic mass is 10.1. The molecule has 5 nitrogen and oxygen atoms in total. The van der Waals surface area contributed by atoms with Crippen LogP contribution in [0.3, 0.4) is 0 Å². The molecule has 0 aliphatic carbocycles. The van der Waals surface area contributed by atoms with Crippen molar-refractivity contribution in [1.82, 2.24) is 5.32 Å². The maximum absolute atomic E-state index is 12.5. The summed E-state index contributed by atoms with van der Waals surface area (Å²) in [6.07, 6.45) is 0.994. The van der Waals surface area contributed by atoms with Crippen LogP contribution in [0.5, 0.6) is 0 Å². The Labute approximate surface area is 181 Å². The number of carbonyl (C=O) groups is 2. The monoisotopic (exact) mass is 417 g/mol. The highest BCUT2D eigenvalue weighted by Gasteiger charge is 2.10. The Morgan fingerprint density at radius 1 is 0.833 bits per heavy atom. The minimum absolute atomic E-state index is 0.152. The molecule has 0 atom stereocenters. The van der Waals surface area contributed by atoms with Gasteiger partial charge < -0.3 is 16.0 Å². The van der Waals surface area contributed by atoms with E-state index in [9.17, 15) is 9.59 Å². The normalized spacial score (nSPS) is 10.2. The van der Waals surface area contributed by atoms with Gasteiger partial charge in [-0.05, 0) is 61.0 Å². The van der Waals surface area contributed by atoms with Gasteiger partial charge in [-0.15, -0.1) is 0 Å². The van der Waals surface area contributed by atoms with Gasteiger partial charge >= 0.3 is 0 Å². The third kappa shape index (κ3) is 6.25. The van der Waals surface area contributed by atoms with E-state index in [2.05, 4.69) is 16.0 Å². The lowest BCUT2D eigenvalue weighted by Gasteiger charge is -2.12. The second kappa shape index (κ2) is 10.3. The predicted octanol–water partition coefficient (Wildman–Crippen LogP) is 4.69. The number of carbonyl (C=O) groups excluding carboxylic acids is 2. The first-order valence-electron chi connectivity index (χ1n) is 9.63. The number of rotatable bonds is 6. The Balaban J connectivity index is 1.53. The van der Waals surface area contributed by atoms with Crippen molar-refractivity contribution in [3.8, 4) is 0 Å². The van der Waals surface area contributed by atoms with Crippen LogP contribution in [0.4, 0.5) is 11.4 Å². The summed E-state index contributed by atoms with van der Waals surface area (Å²) in [4.78, 5) is 24.6. The van der Waals surface area contributed by atoms with Gasteiger partial charge in [0, 0.05) is 23.4 Å². The first-order valence-corrected chi connectivity index (χ1v) is 10.0. The van der Waals surface area contributed by atoms with E-state index in [0.29, 0.717) is 29.8 Å². The van der Waals surface area contributed by atoms with Crippen LogP contribution in [0.15, 0.2) is 78.9 Å². The molecule has 0 heterocycles. The zero-order valence-corrected chi connectivity index (χ0v) is 17.5. The van der Waals surface area contributed by atoms with Crippen LogP contribution in [0.25, 0.3) is 0 Å². The van der Waals surface area contributed by atoms with E-state index in [0.717, 1.165) is 11.1 Å². The van der Waals surface area contributed by atoms with Gasteiger partial charge in [-0.3, -0.25) is 9.59 Å². The van der Waals surface area contributed by atoms with Crippen LogP contribution in [0.1, 0.15) is 27.9 Å². The van der Waals surface area contributed by atoms with Crippen LogP contribution in [-0.2, 0) is 11.2 Å². The smallest absolute Gasteiger partial charge is 0.255 e. The SMILES string of the molecule is Cc1ccccc1C(=O)Nc1cccc(NC(=S)NC(=O)CCc2ccccc2)c1. The van der Waals surface area contributed by atoms with E-state index in [1.165, 1.54) is 0 Å². The molecule has 0 unspecified atom stereocenters. The van der Waals surface area contributed by atoms with Gasteiger partial charge in [0.2, 0.25) is 5.91 Å². The molecular formula is C24H23N3O2S. The summed E-state index contributed by atoms with van der Waals surface area (Å²) < 4.78 is 0. The quantitative estimate of drug-likeness (QED) is 0.509. The molecule has 3 rings (SSSR count). The van der Waals surface area contributed by atoms with Crippen LogP contribution in [0.2, 0.25) is 0 Å². The highest BCUT2D eigenvalue weighted by atomic mass is 32.1. The third-order valence-corrected chi connectivity index (χ3v) is 4.71. The van der Waals surface area contributed by atoms with Crippen LogP contribution in [-0.4, -0.2) is 16.9 Å². The molecule has 0 saturated carbocycles. The van der Waals surface area contributed by atoms with Gasteiger partial charge in [0.15, 0.2) is 5.11 Å². The molecule has 6 heteroatoms. The minimum atomic E-state index is -0.179. The first-order chi connectivity index (χ1) is 14.5. The lowest BCUT2D eigenvalue weighted by molar-refractivity contribution is -0.119. The highest BCUT2D eigenvalue weighted by Crippen LogP contribution is 2.17. The number of nitrogens with one attached hydrogen (secondary N) is 3. The van der Waals surface area contributed by atoms with Gasteiger partial charge in [-0.2, -0.15) is 0 Å². The molecule has 3 N–H and O–H groups in total. The van der Waals surface area contributed by atoms with Crippen molar-refractivity contribution >= 4 is 40.5 Å². The summed E-state index contributed by atoms with van der Waals surface area (Å²) in [5, 5.41) is 8.77. The summed E-state index contributed by atoms with van der Waals surface area (Å²) in [6, 6.07) is 24.4. The summed E-state index contributed by atoms with van der Waals surface area (Å²) in [5.41, 5.74) is 3.93. The van der Waals surface area contributed by atoms with E-state index in [1.54, 1.807) is 24.3 Å². The largest absolute Gasteiger partial charge is 0.332 e. The number of hydrogen-bond acceptors (Lipinski definition) is 3. The van der Waals surface area contributed by atoms with Gasteiger partial charge in [-0.25, -0.2) is 0 Å². The van der Waals surface area contributed by atoms with Crippen LogP contribution in [0, 0.1) is 6.92 Å². The molecule has 3 aromatic rings. The zero-order valence-electron chi connectivity index (χ0n) is 16.6. The number of thiocarbonyl (C=S) groups is 1. The molecule has 0 spiro atoms. The Morgan fingerprint density at radius 2 is 1.50 bits per heavy atom. The fourth-order valence-corrected chi connectivity index (χ4v) is 3.19. The molecule has 30 heavy (non-hydrogen) atoms. The molecule has 3 aromatic carbocycles. The first kappa shape index (κ1) is 21.2. The Morgan fingerprint density at radius 3 is 2.23 bits per heavy atom. The summed E-state index contributed by atoms with van der Waals surface area (Å²) in [5.74, 6) is -0.331. The fourth-order valence-electron chi connectivity index (χ4n) is 2.95. The molecule has 0 aliphatic rings. The summed E-state index contributed by atoms with van der Waals surface area (Å²) >= 11 is 5.24. The van der Waals surface area contributed by atoms with E-state index in [1.807, 2.05) is 61.5 Å². The molecule has 0 aliphatic heterocycles. The van der Waals surface area contributed by atoms with Gasteiger partial charge in [0.05, 0.1) is 0 Å². The topological polar surface area (TPSA) is 70.2 Å². The molecule has 0 radical (unpaired) electrons. The molecule has 0 saturated heterocycles. The molecule has 0 fully saturated rings. The van der Waals surface area contributed by atoms with Crippen molar-refractivity contribution in [1.29, 1.82) is 0 Å². The van der Waals surface area contributed by atoms with Crippen molar-refractivity contribution < 1.29 is 9.59 Å². The summed E-state index contributed by atoms with van der Waals surface area (Å²) in [6.45, 7) is 1.89. The molecular weight excluding hydrogens is 394 g/mol. The minimum Gasteiger partial charge on any atom is -0.332 e. The lowest BCUT2D eigenvalue weighted by Crippen LogP contribution is -2.34. The van der Waals surface area contributed by atoms with E-state index >= 15 is 0 Å². The Bertz CT molecular complexity index is 1050. The van der Waals surface area contributed by atoms with Crippen LogP contribution < -0.4 is 16.0 Å². The molecule has 0 bridgehead atoms. The number of amides is 2. The van der Waals surface area contributed by atoms with E-state index < -0.39 is 0 Å².